The van der Waals surface area contributed by atoms with Crippen molar-refractivity contribution in [3.63, 3.8) is 0 Å². The van der Waals surface area contributed by atoms with Gasteiger partial charge < -0.3 is 24.8 Å². The van der Waals surface area contributed by atoms with Gasteiger partial charge in [-0.25, -0.2) is 15.0 Å². The van der Waals surface area contributed by atoms with E-state index in [9.17, 15) is 9.90 Å². The maximum absolute atomic E-state index is 12.4. The molecule has 3 aromatic rings. The predicted octanol–water partition coefficient (Wildman–Crippen LogP) is 2.75. The van der Waals surface area contributed by atoms with Gasteiger partial charge in [0.15, 0.2) is 5.78 Å². The molecule has 2 fully saturated rings. The van der Waals surface area contributed by atoms with Gasteiger partial charge in [-0.3, -0.25) is 9.69 Å². The maximum atomic E-state index is 12.4. The summed E-state index contributed by atoms with van der Waals surface area (Å²) >= 11 is 1.39. The largest absolute Gasteiger partial charge is 0.394 e. The summed E-state index contributed by atoms with van der Waals surface area (Å²) in [5, 5.41) is 14.7. The Morgan fingerprint density at radius 3 is 2.50 bits per heavy atom. The number of nitrogens with one attached hydrogen (secondary N) is 1. The second-order valence-electron chi connectivity index (χ2n) is 8.68. The van der Waals surface area contributed by atoms with E-state index in [4.69, 9.17) is 14.5 Å². The lowest BCUT2D eigenvalue weighted by atomic mass is 10.1. The fourth-order valence-electron chi connectivity index (χ4n) is 4.37. The van der Waals surface area contributed by atoms with Crippen LogP contribution in [0.5, 0.6) is 0 Å². The Labute approximate surface area is 213 Å². The van der Waals surface area contributed by atoms with Crippen LogP contribution in [0, 0.1) is 0 Å². The number of carbonyl (C=O) groups excluding carboxylic acids is 1. The van der Waals surface area contributed by atoms with Crippen LogP contribution in [-0.4, -0.2) is 90.0 Å². The molecule has 10 nitrogen and oxygen atoms in total. The van der Waals surface area contributed by atoms with Gasteiger partial charge in [0, 0.05) is 44.9 Å². The number of morpholine rings is 2. The lowest BCUT2D eigenvalue weighted by Crippen LogP contribution is -2.40. The van der Waals surface area contributed by atoms with Crippen molar-refractivity contribution in [3.05, 3.63) is 47.9 Å². The van der Waals surface area contributed by atoms with E-state index < -0.39 is 0 Å². The lowest BCUT2D eigenvalue weighted by Gasteiger charge is -2.33. The summed E-state index contributed by atoms with van der Waals surface area (Å²) in [6.07, 6.45) is 1.80. The molecule has 2 aliphatic heterocycles. The maximum Gasteiger partial charge on any atom is 0.181 e. The molecule has 5 heterocycles. The van der Waals surface area contributed by atoms with Gasteiger partial charge in [-0.1, -0.05) is 17.4 Å². The van der Waals surface area contributed by atoms with Crippen LogP contribution in [0.25, 0.3) is 10.6 Å². The van der Waals surface area contributed by atoms with E-state index in [2.05, 4.69) is 25.1 Å². The van der Waals surface area contributed by atoms with E-state index in [1.807, 2.05) is 30.3 Å². The second kappa shape index (κ2) is 11.4. The Balaban J connectivity index is 1.36. The normalized spacial score (nSPS) is 17.7. The van der Waals surface area contributed by atoms with Crippen LogP contribution in [0.4, 0.5) is 16.6 Å². The summed E-state index contributed by atoms with van der Waals surface area (Å²) in [6, 6.07) is 9.41. The first kappa shape index (κ1) is 24.7. The second-order valence-corrected chi connectivity index (χ2v) is 9.68. The summed E-state index contributed by atoms with van der Waals surface area (Å²) in [5.74, 6) is 1.37. The average molecular weight is 511 g/mol. The molecular formula is C25H30N6O4S. The van der Waals surface area contributed by atoms with Gasteiger partial charge in [0.25, 0.3) is 0 Å². The first-order valence-corrected chi connectivity index (χ1v) is 12.9. The third-order valence-corrected chi connectivity index (χ3v) is 7.32. The number of aromatic nitrogens is 3. The summed E-state index contributed by atoms with van der Waals surface area (Å²) in [5.41, 5.74) is 1.98. The highest BCUT2D eigenvalue weighted by atomic mass is 32.1. The number of carbonyl (C=O) groups is 1. The number of Topliss-reactive ketones (excluding diaryl/α,β-unsaturated/α-hetero) is 1. The molecule has 0 spiro atoms. The number of anilines is 3. The van der Waals surface area contributed by atoms with Crippen LogP contribution in [0.2, 0.25) is 0 Å². The minimum atomic E-state index is -0.212. The lowest BCUT2D eigenvalue weighted by molar-refractivity contribution is 0.00158. The molecule has 2 N–H and O–H groups in total. The van der Waals surface area contributed by atoms with Crippen molar-refractivity contribution in [1.29, 1.82) is 0 Å². The van der Waals surface area contributed by atoms with Gasteiger partial charge >= 0.3 is 0 Å². The van der Waals surface area contributed by atoms with Crippen LogP contribution >= 0.6 is 11.3 Å². The number of hydrogen-bond acceptors (Lipinski definition) is 11. The zero-order valence-corrected chi connectivity index (χ0v) is 21.0. The van der Waals surface area contributed by atoms with Crippen LogP contribution in [0.1, 0.15) is 29.1 Å². The molecule has 2 saturated heterocycles. The van der Waals surface area contributed by atoms with Gasteiger partial charge in [0.1, 0.15) is 27.3 Å². The first-order chi connectivity index (χ1) is 17.6. The van der Waals surface area contributed by atoms with Crippen molar-refractivity contribution < 1.29 is 19.4 Å². The first-order valence-electron chi connectivity index (χ1n) is 12.1. The number of pyridine rings is 2. The van der Waals surface area contributed by atoms with E-state index in [0.29, 0.717) is 47.9 Å². The minimum Gasteiger partial charge on any atom is -0.394 e. The van der Waals surface area contributed by atoms with Crippen molar-refractivity contribution in [2.24, 2.45) is 0 Å². The monoisotopic (exact) mass is 510 g/mol. The topological polar surface area (TPSA) is 113 Å². The summed E-state index contributed by atoms with van der Waals surface area (Å²) in [6.45, 7) is 7.29. The number of nitrogens with zero attached hydrogens (tertiary/aromatic N) is 5. The molecule has 3 aromatic heterocycles. The van der Waals surface area contributed by atoms with Crippen molar-refractivity contribution in [2.45, 2.75) is 13.0 Å². The number of ketones is 1. The van der Waals surface area contributed by atoms with Crippen LogP contribution < -0.4 is 10.2 Å². The van der Waals surface area contributed by atoms with Gasteiger partial charge in [0.2, 0.25) is 0 Å². The Hall–Kier alpha value is -2.96. The van der Waals surface area contributed by atoms with E-state index in [1.54, 1.807) is 6.20 Å². The van der Waals surface area contributed by atoms with E-state index >= 15 is 0 Å². The fraction of sp³-hybridized carbons (Fsp3) is 0.440. The summed E-state index contributed by atoms with van der Waals surface area (Å²) in [7, 11) is 0. The van der Waals surface area contributed by atoms with Crippen molar-refractivity contribution in [3.8, 4) is 10.6 Å². The molecule has 5 rings (SSSR count). The molecule has 1 atom stereocenters. The molecule has 0 aromatic carbocycles. The standard InChI is InChI=1S/C25H30N6O4S/c1-17(33)23-25(28-21-4-2-3-19(27-21)20(16-32)30-7-11-34-12-8-30)36-24(29-23)18-5-6-22(26-15-18)31-9-13-35-14-10-31/h2-6,15,20,32H,7-14,16H2,1H3,(H,27,28). The molecule has 0 aliphatic carbocycles. The smallest absolute Gasteiger partial charge is 0.181 e. The van der Waals surface area contributed by atoms with Gasteiger partial charge in [-0.05, 0) is 24.3 Å². The van der Waals surface area contributed by atoms with Crippen molar-refractivity contribution in [1.82, 2.24) is 19.9 Å². The molecule has 0 radical (unpaired) electrons. The van der Waals surface area contributed by atoms with Crippen LogP contribution in [0.3, 0.4) is 0 Å². The van der Waals surface area contributed by atoms with Gasteiger partial charge in [-0.2, -0.15) is 0 Å². The number of hydrogen-bond donors (Lipinski definition) is 2. The highest BCUT2D eigenvalue weighted by molar-refractivity contribution is 7.19. The quantitative estimate of drug-likeness (QED) is 0.439. The third kappa shape index (κ3) is 5.55. The van der Waals surface area contributed by atoms with Crippen molar-refractivity contribution >= 4 is 33.8 Å². The van der Waals surface area contributed by atoms with Crippen LogP contribution in [0.15, 0.2) is 36.5 Å². The highest BCUT2D eigenvalue weighted by Crippen LogP contribution is 2.35. The molecule has 0 amide bonds. The zero-order chi connectivity index (χ0) is 24.9. The van der Waals surface area contributed by atoms with Gasteiger partial charge in [-0.15, -0.1) is 0 Å². The molecule has 11 heteroatoms. The van der Waals surface area contributed by atoms with E-state index in [-0.39, 0.29) is 18.4 Å². The Bertz CT molecular complexity index is 1180. The predicted molar refractivity (Wildman–Crippen MR) is 138 cm³/mol. The summed E-state index contributed by atoms with van der Waals surface area (Å²) in [4.78, 5) is 30.7. The molecule has 190 valence electrons. The number of aliphatic hydroxyl groups excluding tert-OH is 1. The Kier molecular flexibility index (Phi) is 7.83. The zero-order valence-electron chi connectivity index (χ0n) is 20.2. The number of aliphatic hydroxyl groups is 1. The van der Waals surface area contributed by atoms with Gasteiger partial charge in [0.05, 0.1) is 44.8 Å². The summed E-state index contributed by atoms with van der Waals surface area (Å²) < 4.78 is 10.9. The van der Waals surface area contributed by atoms with E-state index in [0.717, 1.165) is 43.3 Å². The van der Waals surface area contributed by atoms with Crippen LogP contribution in [-0.2, 0) is 9.47 Å². The number of thiazole rings is 1. The highest BCUT2D eigenvalue weighted by Gasteiger charge is 2.24. The fourth-order valence-corrected chi connectivity index (χ4v) is 5.38. The molecule has 0 bridgehead atoms. The Morgan fingerprint density at radius 2 is 1.83 bits per heavy atom. The molecule has 36 heavy (non-hydrogen) atoms. The molecule has 1 unspecified atom stereocenters. The molecular weight excluding hydrogens is 480 g/mol. The third-order valence-electron chi connectivity index (χ3n) is 6.30. The number of rotatable bonds is 8. The Morgan fingerprint density at radius 1 is 1.08 bits per heavy atom. The molecule has 0 saturated carbocycles. The minimum absolute atomic E-state index is 0.0344. The van der Waals surface area contributed by atoms with E-state index in [1.165, 1.54) is 18.3 Å². The number of ether oxygens (including phenoxy) is 2. The SMILES string of the molecule is CC(=O)c1nc(-c2ccc(N3CCOCC3)nc2)sc1Nc1cccc(C(CO)N2CCOCC2)n1. The van der Waals surface area contributed by atoms with Crippen molar-refractivity contribution in [2.75, 3.05) is 69.4 Å². The molecule has 2 aliphatic rings. The average Bonchev–Trinajstić information content (AvgIpc) is 3.35.